The monoisotopic (exact) mass is 263 g/mol. The number of carboxylic acid groups (broad SMARTS) is 1. The summed E-state index contributed by atoms with van der Waals surface area (Å²) < 4.78 is 26.2. The second kappa shape index (κ2) is 4.82. The summed E-state index contributed by atoms with van der Waals surface area (Å²) in [5.74, 6) is -5.18. The summed E-state index contributed by atoms with van der Waals surface area (Å²) in [7, 11) is 0. The van der Waals surface area contributed by atoms with Crippen LogP contribution in [0.3, 0.4) is 0 Å². The van der Waals surface area contributed by atoms with E-state index in [1.54, 1.807) is 6.92 Å². The van der Waals surface area contributed by atoms with E-state index in [9.17, 15) is 18.4 Å². The first-order chi connectivity index (χ1) is 8.12. The fourth-order valence-electron chi connectivity index (χ4n) is 2.32. The van der Waals surface area contributed by atoms with Crippen molar-refractivity contribution < 1.29 is 23.5 Å². The third kappa shape index (κ3) is 2.79. The molecule has 1 atom stereocenters. The van der Waals surface area contributed by atoms with Gasteiger partial charge in [0.15, 0.2) is 0 Å². The highest BCUT2D eigenvalue weighted by atomic mass is 19.3. The summed E-state index contributed by atoms with van der Waals surface area (Å²) >= 11 is 0. The average molecular weight is 263 g/mol. The topological polar surface area (TPSA) is 57.6 Å². The molecule has 0 saturated heterocycles. The summed E-state index contributed by atoms with van der Waals surface area (Å²) in [6, 6.07) is 0. The van der Waals surface area contributed by atoms with Crippen molar-refractivity contribution in [2.24, 2.45) is 5.92 Å². The maximum absolute atomic E-state index is 13.1. The molecule has 0 aromatic carbocycles. The number of carbonyl (C=O) groups is 2. The predicted molar refractivity (Wildman–Crippen MR) is 61.4 cm³/mol. The molecule has 104 valence electrons. The molecule has 1 amide bonds. The Kier molecular flexibility index (Phi) is 3.98. The molecule has 1 aliphatic rings. The van der Waals surface area contributed by atoms with Crippen LogP contribution in [0.4, 0.5) is 8.78 Å². The number of hydrogen-bond acceptors (Lipinski definition) is 2. The molecule has 0 bridgehead atoms. The lowest BCUT2D eigenvalue weighted by molar-refractivity contribution is -0.158. The maximum atomic E-state index is 13.1. The van der Waals surface area contributed by atoms with E-state index in [1.807, 2.05) is 0 Å². The Labute approximate surface area is 105 Å². The summed E-state index contributed by atoms with van der Waals surface area (Å²) in [5, 5.41) is 9.10. The lowest BCUT2D eigenvalue weighted by Crippen LogP contribution is -2.54. The summed E-state index contributed by atoms with van der Waals surface area (Å²) in [5.41, 5.74) is -1.37. The molecule has 18 heavy (non-hydrogen) atoms. The van der Waals surface area contributed by atoms with E-state index in [-0.39, 0.29) is 19.4 Å². The molecule has 1 rings (SSSR count). The van der Waals surface area contributed by atoms with Crippen molar-refractivity contribution in [2.75, 3.05) is 6.54 Å². The number of carbonyl (C=O) groups excluding carboxylic acids is 1. The number of likely N-dealkylation sites (N-methyl/N-ethyl adjacent to an activating group) is 1. The number of carboxylic acids is 1. The van der Waals surface area contributed by atoms with Crippen molar-refractivity contribution in [3.63, 3.8) is 0 Å². The van der Waals surface area contributed by atoms with Gasteiger partial charge in [-0.25, -0.2) is 13.6 Å². The number of halogens is 2. The Balaban J connectivity index is 2.85. The molecule has 6 heteroatoms. The van der Waals surface area contributed by atoms with Crippen LogP contribution < -0.4 is 0 Å². The third-order valence-electron chi connectivity index (χ3n) is 3.53. The molecule has 0 radical (unpaired) electrons. The number of hydrogen-bond donors (Lipinski definition) is 1. The molecular weight excluding hydrogens is 244 g/mol. The van der Waals surface area contributed by atoms with Crippen LogP contribution in [0.25, 0.3) is 0 Å². The van der Waals surface area contributed by atoms with Crippen molar-refractivity contribution in [1.29, 1.82) is 0 Å². The van der Waals surface area contributed by atoms with E-state index in [0.717, 1.165) is 0 Å². The Morgan fingerprint density at radius 1 is 1.44 bits per heavy atom. The zero-order valence-corrected chi connectivity index (χ0v) is 10.9. The molecule has 0 aliphatic heterocycles. The molecule has 1 fully saturated rings. The van der Waals surface area contributed by atoms with E-state index >= 15 is 0 Å². The van der Waals surface area contributed by atoms with Gasteiger partial charge in [-0.15, -0.1) is 0 Å². The van der Waals surface area contributed by atoms with Gasteiger partial charge in [-0.2, -0.15) is 0 Å². The minimum atomic E-state index is -2.80. The molecule has 1 N–H and O–H groups in total. The fraction of sp³-hybridized carbons (Fsp3) is 0.833. The smallest absolute Gasteiger partial charge is 0.329 e. The van der Waals surface area contributed by atoms with Gasteiger partial charge in [0.1, 0.15) is 5.54 Å². The molecule has 0 aromatic rings. The van der Waals surface area contributed by atoms with Crippen LogP contribution in [0, 0.1) is 5.92 Å². The third-order valence-corrected chi connectivity index (χ3v) is 3.53. The first kappa shape index (κ1) is 14.9. The van der Waals surface area contributed by atoms with Gasteiger partial charge in [-0.1, -0.05) is 0 Å². The summed E-state index contributed by atoms with van der Waals surface area (Å²) in [4.78, 5) is 24.4. The SMILES string of the molecule is CCN(C(=O)C1CCC(F)(F)C1)C(C)(C)C(=O)O. The highest BCUT2D eigenvalue weighted by molar-refractivity contribution is 5.87. The Bertz CT molecular complexity index is 355. The highest BCUT2D eigenvalue weighted by Gasteiger charge is 2.46. The lowest BCUT2D eigenvalue weighted by atomic mass is 9.98. The number of aliphatic carboxylic acids is 1. The van der Waals surface area contributed by atoms with Gasteiger partial charge in [-0.05, 0) is 27.2 Å². The van der Waals surface area contributed by atoms with Gasteiger partial charge in [0.05, 0.1) is 0 Å². The standard InChI is InChI=1S/C12H19F2NO3/c1-4-15(11(2,3)10(17)18)9(16)8-5-6-12(13,14)7-8/h8H,4-7H2,1-3H3,(H,17,18). The number of rotatable bonds is 4. The fourth-order valence-corrected chi connectivity index (χ4v) is 2.32. The van der Waals surface area contributed by atoms with Crippen LogP contribution in [0.1, 0.15) is 40.0 Å². The van der Waals surface area contributed by atoms with E-state index in [2.05, 4.69) is 0 Å². The van der Waals surface area contributed by atoms with E-state index in [0.29, 0.717) is 0 Å². The van der Waals surface area contributed by atoms with Gasteiger partial charge in [-0.3, -0.25) is 4.79 Å². The van der Waals surface area contributed by atoms with Crippen LogP contribution in [0.15, 0.2) is 0 Å². The van der Waals surface area contributed by atoms with Crippen molar-refractivity contribution in [2.45, 2.75) is 51.5 Å². The van der Waals surface area contributed by atoms with Gasteiger partial charge in [0.25, 0.3) is 0 Å². The average Bonchev–Trinajstić information content (AvgIpc) is 2.59. The van der Waals surface area contributed by atoms with Gasteiger partial charge in [0, 0.05) is 25.3 Å². The largest absolute Gasteiger partial charge is 0.480 e. The van der Waals surface area contributed by atoms with Crippen LogP contribution in [-0.2, 0) is 9.59 Å². The first-order valence-corrected chi connectivity index (χ1v) is 6.04. The maximum Gasteiger partial charge on any atom is 0.329 e. The van der Waals surface area contributed by atoms with E-state index < -0.39 is 35.7 Å². The normalized spacial score (nSPS) is 22.8. The summed E-state index contributed by atoms with van der Waals surface area (Å²) in [6.07, 6.45) is -0.648. The molecule has 0 aromatic heterocycles. The van der Waals surface area contributed by atoms with Crippen molar-refractivity contribution in [3.05, 3.63) is 0 Å². The molecule has 1 aliphatic carbocycles. The number of nitrogens with zero attached hydrogens (tertiary/aromatic N) is 1. The molecule has 4 nitrogen and oxygen atoms in total. The van der Waals surface area contributed by atoms with Gasteiger partial charge < -0.3 is 10.0 Å². The predicted octanol–water partition coefficient (Wildman–Crippen LogP) is 2.13. The zero-order chi connectivity index (χ0) is 14.1. The Hall–Kier alpha value is -1.20. The van der Waals surface area contributed by atoms with Crippen molar-refractivity contribution in [1.82, 2.24) is 4.90 Å². The Morgan fingerprint density at radius 3 is 2.33 bits per heavy atom. The molecule has 0 spiro atoms. The molecule has 0 heterocycles. The molecular formula is C12H19F2NO3. The van der Waals surface area contributed by atoms with Crippen LogP contribution in [-0.4, -0.2) is 39.9 Å². The minimum Gasteiger partial charge on any atom is -0.480 e. The second-order valence-electron chi connectivity index (χ2n) is 5.24. The second-order valence-corrected chi connectivity index (χ2v) is 5.24. The zero-order valence-electron chi connectivity index (χ0n) is 10.9. The van der Waals surface area contributed by atoms with Crippen LogP contribution in [0.2, 0.25) is 0 Å². The Morgan fingerprint density at radius 2 is 2.00 bits per heavy atom. The van der Waals surface area contributed by atoms with E-state index in [4.69, 9.17) is 5.11 Å². The van der Waals surface area contributed by atoms with E-state index in [1.165, 1.54) is 18.7 Å². The van der Waals surface area contributed by atoms with Gasteiger partial charge in [0.2, 0.25) is 11.8 Å². The number of alkyl halides is 2. The highest BCUT2D eigenvalue weighted by Crippen LogP contribution is 2.40. The van der Waals surface area contributed by atoms with Crippen LogP contribution >= 0.6 is 0 Å². The minimum absolute atomic E-state index is 0.123. The lowest BCUT2D eigenvalue weighted by Gasteiger charge is -2.36. The molecule has 1 saturated carbocycles. The van der Waals surface area contributed by atoms with Crippen molar-refractivity contribution >= 4 is 11.9 Å². The van der Waals surface area contributed by atoms with Crippen LogP contribution in [0.5, 0.6) is 0 Å². The first-order valence-electron chi connectivity index (χ1n) is 6.04. The number of amides is 1. The summed E-state index contributed by atoms with van der Waals surface area (Å²) in [6.45, 7) is 4.66. The van der Waals surface area contributed by atoms with Gasteiger partial charge >= 0.3 is 5.97 Å². The molecule has 1 unspecified atom stereocenters. The van der Waals surface area contributed by atoms with Crippen molar-refractivity contribution in [3.8, 4) is 0 Å². The quantitative estimate of drug-likeness (QED) is 0.845.